The van der Waals surface area contributed by atoms with E-state index in [9.17, 15) is 4.79 Å². The molecule has 1 aromatic rings. The van der Waals surface area contributed by atoms with Gasteiger partial charge in [0.25, 0.3) is 5.91 Å². The molecule has 0 aromatic carbocycles. The molecule has 106 valence electrons. The molecule has 1 fully saturated rings. The van der Waals surface area contributed by atoms with Crippen LogP contribution in [0.3, 0.4) is 0 Å². The summed E-state index contributed by atoms with van der Waals surface area (Å²) in [5.41, 5.74) is 0.901. The lowest BCUT2D eigenvalue weighted by atomic mass is 10.1. The fraction of sp³-hybridized carbons (Fsp3) is 0.667. The third kappa shape index (κ3) is 3.18. The van der Waals surface area contributed by atoms with Gasteiger partial charge in [0, 0.05) is 25.3 Å². The molecular formula is C15H23NO3. The van der Waals surface area contributed by atoms with Crippen molar-refractivity contribution in [2.75, 3.05) is 20.3 Å². The minimum atomic E-state index is -0.00125. The Labute approximate surface area is 114 Å². The minimum absolute atomic E-state index is 0.00125. The first-order valence-corrected chi connectivity index (χ1v) is 6.97. The van der Waals surface area contributed by atoms with Crippen LogP contribution in [0.4, 0.5) is 0 Å². The summed E-state index contributed by atoms with van der Waals surface area (Å²) in [6.45, 7) is 5.35. The number of hydrogen-bond donors (Lipinski definition) is 0. The number of amides is 1. The molecule has 2 rings (SSSR count). The fourth-order valence-corrected chi connectivity index (χ4v) is 2.82. The predicted octanol–water partition coefficient (Wildman–Crippen LogP) is 2.87. The lowest BCUT2D eigenvalue weighted by Crippen LogP contribution is -2.41. The van der Waals surface area contributed by atoms with E-state index in [-0.39, 0.29) is 5.91 Å². The molecule has 0 aliphatic heterocycles. The molecule has 0 unspecified atom stereocenters. The van der Waals surface area contributed by atoms with Crippen LogP contribution in [0.2, 0.25) is 0 Å². The van der Waals surface area contributed by atoms with Crippen molar-refractivity contribution in [3.05, 3.63) is 23.7 Å². The summed E-state index contributed by atoms with van der Waals surface area (Å²) in [4.78, 5) is 14.5. The second-order valence-electron chi connectivity index (χ2n) is 5.50. The standard InChI is InChI=1S/C15H23NO3/c1-11-4-5-13(10-11)16(7-9-18-3)15(17)14-12(2)6-8-19-14/h6,8,11,13H,4-5,7,9-10H2,1-3H3/t11-,13-/m0/s1. The van der Waals surface area contributed by atoms with Crippen molar-refractivity contribution < 1.29 is 13.9 Å². The van der Waals surface area contributed by atoms with Crippen molar-refractivity contribution in [1.29, 1.82) is 0 Å². The Morgan fingerprint density at radius 2 is 2.32 bits per heavy atom. The lowest BCUT2D eigenvalue weighted by molar-refractivity contribution is 0.0570. The smallest absolute Gasteiger partial charge is 0.290 e. The maximum atomic E-state index is 12.6. The largest absolute Gasteiger partial charge is 0.459 e. The third-order valence-corrected chi connectivity index (χ3v) is 3.96. The number of hydrogen-bond acceptors (Lipinski definition) is 3. The number of aryl methyl sites for hydroxylation is 1. The van der Waals surface area contributed by atoms with Crippen LogP contribution in [0, 0.1) is 12.8 Å². The van der Waals surface area contributed by atoms with E-state index in [1.807, 2.05) is 17.9 Å². The minimum Gasteiger partial charge on any atom is -0.459 e. The van der Waals surface area contributed by atoms with Crippen molar-refractivity contribution in [2.45, 2.75) is 39.2 Å². The fourth-order valence-electron chi connectivity index (χ4n) is 2.82. The first kappa shape index (κ1) is 14.1. The molecule has 4 nitrogen and oxygen atoms in total. The number of methoxy groups -OCH3 is 1. The average molecular weight is 265 g/mol. The zero-order valence-electron chi connectivity index (χ0n) is 12.0. The van der Waals surface area contributed by atoms with Gasteiger partial charge in [-0.1, -0.05) is 6.92 Å². The summed E-state index contributed by atoms with van der Waals surface area (Å²) in [5.74, 6) is 1.16. The number of furan rings is 1. The molecule has 0 radical (unpaired) electrons. The summed E-state index contributed by atoms with van der Waals surface area (Å²) < 4.78 is 10.5. The maximum Gasteiger partial charge on any atom is 0.290 e. The normalized spacial score (nSPS) is 22.7. The van der Waals surface area contributed by atoms with Crippen molar-refractivity contribution in [2.24, 2.45) is 5.92 Å². The van der Waals surface area contributed by atoms with Crippen molar-refractivity contribution >= 4 is 5.91 Å². The van der Waals surface area contributed by atoms with E-state index in [4.69, 9.17) is 9.15 Å². The van der Waals surface area contributed by atoms with E-state index >= 15 is 0 Å². The van der Waals surface area contributed by atoms with E-state index in [1.165, 1.54) is 6.42 Å². The van der Waals surface area contributed by atoms with E-state index in [0.717, 1.165) is 18.4 Å². The van der Waals surface area contributed by atoms with Gasteiger partial charge < -0.3 is 14.1 Å². The summed E-state index contributed by atoms with van der Waals surface area (Å²) in [6.07, 6.45) is 4.93. The van der Waals surface area contributed by atoms with Crippen LogP contribution in [0.25, 0.3) is 0 Å². The van der Waals surface area contributed by atoms with Gasteiger partial charge in [-0.25, -0.2) is 0 Å². The molecule has 1 aromatic heterocycles. The van der Waals surface area contributed by atoms with Crippen molar-refractivity contribution in [1.82, 2.24) is 4.90 Å². The Hall–Kier alpha value is -1.29. The first-order chi connectivity index (χ1) is 9.13. The van der Waals surface area contributed by atoms with Crippen LogP contribution in [0.5, 0.6) is 0 Å². The lowest BCUT2D eigenvalue weighted by Gasteiger charge is -2.28. The van der Waals surface area contributed by atoms with Gasteiger partial charge in [0.15, 0.2) is 5.76 Å². The average Bonchev–Trinajstić information content (AvgIpc) is 2.98. The maximum absolute atomic E-state index is 12.6. The topological polar surface area (TPSA) is 42.7 Å². The predicted molar refractivity (Wildman–Crippen MR) is 73.2 cm³/mol. The van der Waals surface area contributed by atoms with Crippen molar-refractivity contribution in [3.8, 4) is 0 Å². The quantitative estimate of drug-likeness (QED) is 0.822. The van der Waals surface area contributed by atoms with Gasteiger partial charge in [0.2, 0.25) is 0 Å². The first-order valence-electron chi connectivity index (χ1n) is 6.97. The molecule has 1 amide bonds. The van der Waals surface area contributed by atoms with Crippen LogP contribution in [-0.2, 0) is 4.74 Å². The SMILES string of the molecule is COCCN(C(=O)c1occc1C)[C@H]1CC[C@H](C)C1. The molecule has 4 heteroatoms. The number of carbonyl (C=O) groups excluding carboxylic acids is 1. The Bertz CT molecular complexity index is 427. The molecule has 1 saturated carbocycles. The molecule has 1 heterocycles. The van der Waals surface area contributed by atoms with Gasteiger partial charge in [0.05, 0.1) is 12.9 Å². The molecule has 19 heavy (non-hydrogen) atoms. The van der Waals surface area contributed by atoms with Gasteiger partial charge in [-0.05, 0) is 38.2 Å². The zero-order valence-corrected chi connectivity index (χ0v) is 12.0. The Morgan fingerprint density at radius 3 is 2.84 bits per heavy atom. The second kappa shape index (κ2) is 6.24. The highest BCUT2D eigenvalue weighted by molar-refractivity contribution is 5.93. The van der Waals surface area contributed by atoms with E-state index in [1.54, 1.807) is 13.4 Å². The third-order valence-electron chi connectivity index (χ3n) is 3.96. The van der Waals surface area contributed by atoms with E-state index in [0.29, 0.717) is 30.9 Å². The van der Waals surface area contributed by atoms with Crippen LogP contribution in [0.15, 0.2) is 16.7 Å². The highest BCUT2D eigenvalue weighted by Gasteiger charge is 2.32. The molecule has 1 aliphatic carbocycles. The van der Waals surface area contributed by atoms with Crippen molar-refractivity contribution in [3.63, 3.8) is 0 Å². The second-order valence-corrected chi connectivity index (χ2v) is 5.50. The van der Waals surface area contributed by atoms with Gasteiger partial charge in [-0.3, -0.25) is 4.79 Å². The molecule has 0 bridgehead atoms. The number of rotatable bonds is 5. The van der Waals surface area contributed by atoms with Gasteiger partial charge >= 0.3 is 0 Å². The number of carbonyl (C=O) groups is 1. The van der Waals surface area contributed by atoms with Gasteiger partial charge in [0.1, 0.15) is 0 Å². The highest BCUT2D eigenvalue weighted by Crippen LogP contribution is 2.30. The Kier molecular flexibility index (Phi) is 4.64. The summed E-state index contributed by atoms with van der Waals surface area (Å²) in [5, 5.41) is 0. The van der Waals surface area contributed by atoms with E-state index in [2.05, 4.69) is 6.92 Å². The van der Waals surface area contributed by atoms with Gasteiger partial charge in [-0.15, -0.1) is 0 Å². The summed E-state index contributed by atoms with van der Waals surface area (Å²) in [7, 11) is 1.66. The number of nitrogens with zero attached hydrogens (tertiary/aromatic N) is 1. The number of ether oxygens (including phenoxy) is 1. The summed E-state index contributed by atoms with van der Waals surface area (Å²) >= 11 is 0. The highest BCUT2D eigenvalue weighted by atomic mass is 16.5. The Balaban J connectivity index is 2.13. The molecular weight excluding hydrogens is 242 g/mol. The zero-order chi connectivity index (χ0) is 13.8. The molecule has 1 aliphatic rings. The monoisotopic (exact) mass is 265 g/mol. The summed E-state index contributed by atoms with van der Waals surface area (Å²) in [6, 6.07) is 2.15. The molecule has 0 spiro atoms. The Morgan fingerprint density at radius 1 is 1.53 bits per heavy atom. The van der Waals surface area contributed by atoms with Crippen LogP contribution < -0.4 is 0 Å². The molecule has 2 atom stereocenters. The molecule has 0 saturated heterocycles. The van der Waals surface area contributed by atoms with Crippen LogP contribution in [0.1, 0.15) is 42.3 Å². The van der Waals surface area contributed by atoms with Crippen LogP contribution >= 0.6 is 0 Å². The molecule has 0 N–H and O–H groups in total. The van der Waals surface area contributed by atoms with Gasteiger partial charge in [-0.2, -0.15) is 0 Å². The van der Waals surface area contributed by atoms with Crippen LogP contribution in [-0.4, -0.2) is 37.1 Å². The van der Waals surface area contributed by atoms with E-state index < -0.39 is 0 Å².